The summed E-state index contributed by atoms with van der Waals surface area (Å²) in [5.74, 6) is 0. The van der Waals surface area contributed by atoms with Crippen molar-refractivity contribution in [2.75, 3.05) is 0 Å². The van der Waals surface area contributed by atoms with Gasteiger partial charge in [-0.1, -0.05) is 50.8 Å². The lowest BCUT2D eigenvalue weighted by Crippen LogP contribution is -2.35. The Morgan fingerprint density at radius 2 is 1.30 bits per heavy atom. The molecule has 0 amide bonds. The van der Waals surface area contributed by atoms with Crippen molar-refractivity contribution < 1.29 is 0 Å². The summed E-state index contributed by atoms with van der Waals surface area (Å²) >= 11 is 7.80. The second kappa shape index (κ2) is 5.54. The summed E-state index contributed by atoms with van der Waals surface area (Å²) in [7, 11) is -0.170. The maximum absolute atomic E-state index is 3.79. The summed E-state index contributed by atoms with van der Waals surface area (Å²) < 4.78 is 4.48. The van der Waals surface area contributed by atoms with Crippen LogP contribution in [0.5, 0.6) is 0 Å². The molecule has 0 bridgehead atoms. The fraction of sp³-hybridized carbons (Fsp3) is 0.429. The van der Waals surface area contributed by atoms with Crippen LogP contribution < -0.4 is 14.5 Å². The predicted molar refractivity (Wildman–Crippen MR) is 109 cm³/mol. The Morgan fingerprint density at radius 3 is 1.70 bits per heavy atom. The van der Waals surface area contributed by atoms with E-state index in [0.29, 0.717) is 0 Å². The Kier molecular flexibility index (Phi) is 4.64. The zero-order valence-corrected chi connectivity index (χ0v) is 18.6. The molecular formula is C14H22BBrS2Si2. The van der Waals surface area contributed by atoms with Gasteiger partial charge in [-0.15, -0.1) is 22.7 Å². The third-order valence-electron chi connectivity index (χ3n) is 3.29. The molecule has 0 atom stereocenters. The Hall–Kier alpha value is 0.379. The van der Waals surface area contributed by atoms with Crippen molar-refractivity contribution in [2.45, 2.75) is 39.3 Å². The molecule has 2 aromatic rings. The van der Waals surface area contributed by atoms with Crippen LogP contribution in [-0.4, -0.2) is 24.0 Å². The summed E-state index contributed by atoms with van der Waals surface area (Å²) in [5.41, 5.74) is 1.44. The number of halogens is 1. The molecule has 6 heteroatoms. The van der Waals surface area contributed by atoms with Gasteiger partial charge in [-0.2, -0.15) is 0 Å². The highest BCUT2D eigenvalue weighted by molar-refractivity contribution is 9.10. The molecule has 0 nitrogen and oxygen atoms in total. The molecule has 0 aliphatic carbocycles. The SMILES string of the molecule is Bc1cc([Si](C)(C)C)sc1-c1sc([Si](C)(C)C)cc1Br. The molecule has 108 valence electrons. The van der Waals surface area contributed by atoms with E-state index in [2.05, 4.69) is 75.2 Å². The molecule has 0 aromatic carbocycles. The van der Waals surface area contributed by atoms with Crippen LogP contribution in [0.2, 0.25) is 39.3 Å². The van der Waals surface area contributed by atoms with Crippen LogP contribution in [0, 0.1) is 0 Å². The summed E-state index contributed by atoms with van der Waals surface area (Å²) in [6.45, 7) is 14.6. The van der Waals surface area contributed by atoms with Crippen LogP contribution in [0.15, 0.2) is 16.6 Å². The van der Waals surface area contributed by atoms with Crippen molar-refractivity contribution in [1.29, 1.82) is 0 Å². The first-order valence-electron chi connectivity index (χ1n) is 6.91. The Labute approximate surface area is 142 Å². The highest BCUT2D eigenvalue weighted by Crippen LogP contribution is 2.35. The first-order chi connectivity index (χ1) is 9.00. The molecule has 2 aromatic heterocycles. The summed E-state index contributed by atoms with van der Waals surface area (Å²) in [6.07, 6.45) is 0. The van der Waals surface area contributed by atoms with Gasteiger partial charge in [-0.05, 0) is 31.0 Å². The second-order valence-corrected chi connectivity index (χ2v) is 21.2. The van der Waals surface area contributed by atoms with E-state index in [0.717, 1.165) is 0 Å². The van der Waals surface area contributed by atoms with Gasteiger partial charge in [0.2, 0.25) is 0 Å². The minimum Gasteiger partial charge on any atom is -0.145 e. The van der Waals surface area contributed by atoms with Crippen molar-refractivity contribution in [3.63, 3.8) is 0 Å². The Bertz CT molecular complexity index is 576. The smallest absolute Gasteiger partial charge is 0.141 e. The van der Waals surface area contributed by atoms with E-state index in [1.165, 1.54) is 19.7 Å². The third kappa shape index (κ3) is 3.40. The highest BCUT2D eigenvalue weighted by atomic mass is 79.9. The fourth-order valence-electron chi connectivity index (χ4n) is 1.97. The molecule has 0 radical (unpaired) electrons. The number of rotatable bonds is 3. The van der Waals surface area contributed by atoms with E-state index >= 15 is 0 Å². The van der Waals surface area contributed by atoms with E-state index < -0.39 is 16.1 Å². The fourth-order valence-corrected chi connectivity index (χ4v) is 9.36. The molecule has 0 aliphatic rings. The van der Waals surface area contributed by atoms with Gasteiger partial charge in [-0.25, -0.2) is 0 Å². The lowest BCUT2D eigenvalue weighted by atomic mass is 9.97. The molecule has 20 heavy (non-hydrogen) atoms. The van der Waals surface area contributed by atoms with Crippen molar-refractivity contribution in [2.24, 2.45) is 0 Å². The lowest BCUT2D eigenvalue weighted by molar-refractivity contribution is 1.77. The van der Waals surface area contributed by atoms with Crippen LogP contribution in [0.25, 0.3) is 9.75 Å². The van der Waals surface area contributed by atoms with Crippen LogP contribution in [-0.2, 0) is 0 Å². The molecule has 2 heterocycles. The van der Waals surface area contributed by atoms with Gasteiger partial charge in [0.05, 0.1) is 21.0 Å². The third-order valence-corrected chi connectivity index (χ3v) is 13.9. The first-order valence-corrected chi connectivity index (χ1v) is 16.3. The molecule has 0 N–H and O–H groups in total. The van der Waals surface area contributed by atoms with Crippen LogP contribution >= 0.6 is 38.6 Å². The highest BCUT2D eigenvalue weighted by Gasteiger charge is 2.25. The van der Waals surface area contributed by atoms with E-state index in [-0.39, 0.29) is 0 Å². The Balaban J connectivity index is 2.53. The topological polar surface area (TPSA) is 0 Å². The molecule has 0 aliphatic heterocycles. The van der Waals surface area contributed by atoms with E-state index in [4.69, 9.17) is 0 Å². The van der Waals surface area contributed by atoms with E-state index in [1.807, 2.05) is 22.7 Å². The monoisotopic (exact) mass is 400 g/mol. The van der Waals surface area contributed by atoms with Crippen LogP contribution in [0.1, 0.15) is 0 Å². The largest absolute Gasteiger partial charge is 0.145 e. The quantitative estimate of drug-likeness (QED) is 0.690. The molecular weight excluding hydrogens is 379 g/mol. The molecule has 0 fully saturated rings. The van der Waals surface area contributed by atoms with Gasteiger partial charge < -0.3 is 0 Å². The zero-order chi connectivity index (χ0) is 15.3. The van der Waals surface area contributed by atoms with E-state index in [1.54, 1.807) is 9.00 Å². The molecule has 2 rings (SSSR count). The average Bonchev–Trinajstić information content (AvgIpc) is 2.80. The minimum atomic E-state index is -1.22. The maximum atomic E-state index is 3.79. The van der Waals surface area contributed by atoms with Gasteiger partial charge in [0.25, 0.3) is 0 Å². The van der Waals surface area contributed by atoms with Crippen LogP contribution in [0.4, 0.5) is 0 Å². The van der Waals surface area contributed by atoms with Crippen LogP contribution in [0.3, 0.4) is 0 Å². The van der Waals surface area contributed by atoms with Crippen molar-refractivity contribution in [3.05, 3.63) is 16.6 Å². The van der Waals surface area contributed by atoms with E-state index in [9.17, 15) is 0 Å². The predicted octanol–water partition coefficient (Wildman–Crippen LogP) is 3.59. The Morgan fingerprint density at radius 1 is 0.850 bits per heavy atom. The molecule has 0 spiro atoms. The number of thiophene rings is 2. The molecule has 0 saturated carbocycles. The average molecular weight is 401 g/mol. The molecule has 0 unspecified atom stereocenters. The van der Waals surface area contributed by atoms with Crippen molar-refractivity contribution in [3.8, 4) is 9.75 Å². The first kappa shape index (κ1) is 16.7. The zero-order valence-electron chi connectivity index (χ0n) is 13.3. The van der Waals surface area contributed by atoms with Gasteiger partial charge in [0, 0.05) is 9.35 Å². The number of hydrogen-bond acceptors (Lipinski definition) is 2. The van der Waals surface area contributed by atoms with Gasteiger partial charge in [0.1, 0.15) is 7.85 Å². The summed E-state index contributed by atoms with van der Waals surface area (Å²) in [4.78, 5) is 2.92. The number of hydrogen-bond donors (Lipinski definition) is 0. The molecule has 0 saturated heterocycles. The lowest BCUT2D eigenvalue weighted by Gasteiger charge is -2.12. The summed E-state index contributed by atoms with van der Waals surface area (Å²) in [6, 6.07) is 4.78. The summed E-state index contributed by atoms with van der Waals surface area (Å²) in [5, 5.41) is 0. The second-order valence-electron chi connectivity index (χ2n) is 7.41. The standard InChI is InChI=1S/C14H22BBrS2Si2/c1-19(2,3)11-7-9(15)13(17-11)14-10(16)8-12(18-14)20(4,5)6/h7-8H,15H2,1-6H3. The minimum absolute atomic E-state index is 1.21. The van der Waals surface area contributed by atoms with Crippen molar-refractivity contribution in [1.82, 2.24) is 0 Å². The van der Waals surface area contributed by atoms with Gasteiger partial charge in [0.15, 0.2) is 0 Å². The van der Waals surface area contributed by atoms with Crippen molar-refractivity contribution >= 4 is 77.1 Å². The van der Waals surface area contributed by atoms with Gasteiger partial charge >= 0.3 is 0 Å². The normalized spacial score (nSPS) is 12.9. The maximum Gasteiger partial charge on any atom is 0.141 e. The van der Waals surface area contributed by atoms with Gasteiger partial charge in [-0.3, -0.25) is 0 Å².